The maximum atomic E-state index is 13.6. The van der Waals surface area contributed by atoms with Crippen molar-refractivity contribution in [2.75, 3.05) is 12.1 Å². The molecular formula is C21H29N6O5P. The van der Waals surface area contributed by atoms with Gasteiger partial charge >= 0.3 is 13.5 Å². The first kappa shape index (κ1) is 24.6. The Morgan fingerprint density at radius 2 is 1.91 bits per heavy atom. The summed E-state index contributed by atoms with van der Waals surface area (Å²) < 4.78 is 32.0. The fraction of sp³-hybridized carbons (Fsp3) is 0.429. The van der Waals surface area contributed by atoms with Gasteiger partial charge in [-0.2, -0.15) is 5.10 Å². The van der Waals surface area contributed by atoms with Gasteiger partial charge in [-0.3, -0.25) is 9.36 Å². The van der Waals surface area contributed by atoms with Crippen molar-refractivity contribution in [3.05, 3.63) is 48.5 Å². The van der Waals surface area contributed by atoms with Gasteiger partial charge in [0.15, 0.2) is 11.5 Å². The molecule has 0 aliphatic heterocycles. The molecule has 33 heavy (non-hydrogen) atoms. The summed E-state index contributed by atoms with van der Waals surface area (Å²) in [4.78, 5) is 20.4. The molecule has 12 heteroatoms. The van der Waals surface area contributed by atoms with Crippen LogP contribution >= 0.6 is 7.52 Å². The van der Waals surface area contributed by atoms with Crippen molar-refractivity contribution >= 4 is 25.0 Å². The number of esters is 1. The minimum atomic E-state index is -3.64. The molecule has 3 aromatic rings. The number of nitrogens with one attached hydrogen (secondary N) is 1. The lowest BCUT2D eigenvalue weighted by Gasteiger charge is -2.25. The second-order valence-electron chi connectivity index (χ2n) is 7.85. The number of rotatable bonds is 11. The van der Waals surface area contributed by atoms with E-state index < -0.39 is 19.5 Å². The summed E-state index contributed by atoms with van der Waals surface area (Å²) in [6, 6.07) is 7.84. The minimum absolute atomic E-state index is 0.268. The zero-order valence-corrected chi connectivity index (χ0v) is 19.9. The molecule has 0 aliphatic rings. The van der Waals surface area contributed by atoms with Gasteiger partial charge < -0.3 is 19.7 Å². The van der Waals surface area contributed by atoms with E-state index in [0.717, 1.165) is 5.69 Å². The molecule has 2 aromatic heterocycles. The van der Waals surface area contributed by atoms with E-state index in [9.17, 15) is 9.36 Å². The number of carbonyl (C=O) groups excluding carboxylic acids is 1. The molecule has 11 nitrogen and oxygen atoms in total. The van der Waals surface area contributed by atoms with Crippen LogP contribution in [0.15, 0.2) is 42.9 Å². The highest BCUT2D eigenvalue weighted by Gasteiger charge is 2.32. The summed E-state index contributed by atoms with van der Waals surface area (Å²) in [5.41, 5.74) is 7.04. The molecule has 0 bridgehead atoms. The molecule has 2 heterocycles. The van der Waals surface area contributed by atoms with Crippen LogP contribution in [0.5, 0.6) is 5.75 Å². The van der Waals surface area contributed by atoms with Gasteiger partial charge in [-0.25, -0.2) is 19.6 Å². The maximum absolute atomic E-state index is 13.6. The Labute approximate surface area is 192 Å². The van der Waals surface area contributed by atoms with Gasteiger partial charge in [0, 0.05) is 6.42 Å². The van der Waals surface area contributed by atoms with E-state index in [0.29, 0.717) is 17.8 Å². The number of nitrogen functional groups attached to an aromatic ring is 1. The van der Waals surface area contributed by atoms with Gasteiger partial charge in [0.1, 0.15) is 24.5 Å². The Balaban J connectivity index is 1.70. The number of para-hydroxylation sites is 1. The van der Waals surface area contributed by atoms with E-state index in [2.05, 4.69) is 20.2 Å². The molecule has 178 valence electrons. The van der Waals surface area contributed by atoms with Crippen molar-refractivity contribution in [2.45, 2.75) is 52.4 Å². The smallest absolute Gasteiger partial charge is 0.342 e. The van der Waals surface area contributed by atoms with Crippen LogP contribution in [0.25, 0.3) is 5.65 Å². The highest BCUT2D eigenvalue weighted by atomic mass is 31.2. The van der Waals surface area contributed by atoms with Crippen molar-refractivity contribution < 1.29 is 23.4 Å². The van der Waals surface area contributed by atoms with Gasteiger partial charge in [0.2, 0.25) is 0 Å². The van der Waals surface area contributed by atoms with Crippen molar-refractivity contribution in [1.82, 2.24) is 24.7 Å². The summed E-state index contributed by atoms with van der Waals surface area (Å²) in [5, 5.41) is 6.94. The number of nitrogens with two attached hydrogens (primary N) is 1. The van der Waals surface area contributed by atoms with Crippen LogP contribution in [0, 0.1) is 0 Å². The Kier molecular flexibility index (Phi) is 8.01. The molecule has 0 amide bonds. The van der Waals surface area contributed by atoms with Crippen LogP contribution in [0.4, 0.5) is 5.82 Å². The van der Waals surface area contributed by atoms with Crippen LogP contribution in [0.1, 0.15) is 33.4 Å². The third-order valence-electron chi connectivity index (χ3n) is 4.52. The number of anilines is 1. The first-order valence-electron chi connectivity index (χ1n) is 10.5. The second kappa shape index (κ2) is 10.7. The molecule has 0 aliphatic carbocycles. The first-order valence-corrected chi connectivity index (χ1v) is 12.3. The molecule has 0 fully saturated rings. The number of imidazole rings is 1. The van der Waals surface area contributed by atoms with Crippen molar-refractivity contribution in [3.8, 4) is 5.75 Å². The summed E-state index contributed by atoms with van der Waals surface area (Å²) in [6.07, 6.45) is 2.49. The molecule has 0 saturated heterocycles. The second-order valence-corrected chi connectivity index (χ2v) is 9.90. The zero-order chi connectivity index (χ0) is 24.0. The minimum Gasteiger partial charge on any atom is -0.462 e. The first-order chi connectivity index (χ1) is 15.7. The number of ether oxygens (including phenoxy) is 2. The molecule has 0 saturated carbocycles. The van der Waals surface area contributed by atoms with E-state index in [-0.39, 0.29) is 24.4 Å². The number of fused-ring (bicyclic) bond motifs is 1. The van der Waals surface area contributed by atoms with Gasteiger partial charge in [-0.15, -0.1) is 0 Å². The summed E-state index contributed by atoms with van der Waals surface area (Å²) in [7, 11) is -3.64. The molecule has 3 rings (SSSR count). The normalized spacial score (nSPS) is 15.2. The monoisotopic (exact) mass is 476 g/mol. The Bertz CT molecular complexity index is 1120. The predicted molar refractivity (Wildman–Crippen MR) is 123 cm³/mol. The summed E-state index contributed by atoms with van der Waals surface area (Å²) in [6.45, 7) is 6.88. The number of carbonyl (C=O) groups is 1. The Hall–Kier alpha value is -3.01. The molecule has 1 unspecified atom stereocenters. The van der Waals surface area contributed by atoms with Crippen LogP contribution in [0.3, 0.4) is 0 Å². The SMILES string of the molecule is CC(C)OC(=O)[C@H](C)NP(=O)(CO[C@H](C)Cc1cnc2c(N)ncnn12)Oc1ccccc1. The summed E-state index contributed by atoms with van der Waals surface area (Å²) >= 11 is 0. The Morgan fingerprint density at radius 3 is 2.61 bits per heavy atom. The van der Waals surface area contributed by atoms with Crippen LogP contribution in [-0.2, 0) is 25.3 Å². The lowest BCUT2D eigenvalue weighted by Crippen LogP contribution is -2.37. The van der Waals surface area contributed by atoms with E-state index in [1.54, 1.807) is 55.7 Å². The maximum Gasteiger partial charge on any atom is 0.342 e. The van der Waals surface area contributed by atoms with Crippen LogP contribution in [-0.4, -0.2) is 50.1 Å². The molecular weight excluding hydrogens is 447 g/mol. The number of hydrogen-bond donors (Lipinski definition) is 2. The van der Waals surface area contributed by atoms with Gasteiger partial charge in [-0.05, 0) is 39.8 Å². The van der Waals surface area contributed by atoms with Gasteiger partial charge in [0.05, 0.1) is 24.1 Å². The van der Waals surface area contributed by atoms with Crippen molar-refractivity contribution in [2.24, 2.45) is 0 Å². The highest BCUT2D eigenvalue weighted by molar-refractivity contribution is 7.57. The fourth-order valence-electron chi connectivity index (χ4n) is 3.02. The highest BCUT2D eigenvalue weighted by Crippen LogP contribution is 2.44. The molecule has 3 atom stereocenters. The molecule has 3 N–H and O–H groups in total. The third kappa shape index (κ3) is 6.74. The third-order valence-corrected chi connectivity index (χ3v) is 6.29. The van der Waals surface area contributed by atoms with E-state index in [1.165, 1.54) is 6.33 Å². The van der Waals surface area contributed by atoms with Gasteiger partial charge in [-0.1, -0.05) is 18.2 Å². The van der Waals surface area contributed by atoms with E-state index >= 15 is 0 Å². The quantitative estimate of drug-likeness (QED) is 0.313. The standard InChI is InChI=1S/C21H29N6O5P/c1-14(2)31-21(28)16(4)26-33(29,32-18-8-6-5-7-9-18)13-30-15(3)10-17-11-23-20-19(22)24-12-25-27(17)20/h5-9,11-12,14-16H,10,13H2,1-4H3,(H,26,29)(H2,22,24,25)/t15-,16+,33?/m1/s1. The van der Waals surface area contributed by atoms with Crippen molar-refractivity contribution in [3.63, 3.8) is 0 Å². The lowest BCUT2D eigenvalue weighted by atomic mass is 10.2. The van der Waals surface area contributed by atoms with Crippen LogP contribution < -0.4 is 15.3 Å². The number of aromatic nitrogens is 4. The summed E-state index contributed by atoms with van der Waals surface area (Å²) in [5.74, 6) is 0.137. The largest absolute Gasteiger partial charge is 0.462 e. The van der Waals surface area contributed by atoms with Crippen LogP contribution in [0.2, 0.25) is 0 Å². The Morgan fingerprint density at radius 1 is 1.18 bits per heavy atom. The average molecular weight is 476 g/mol. The average Bonchev–Trinajstić information content (AvgIpc) is 3.16. The van der Waals surface area contributed by atoms with E-state index in [4.69, 9.17) is 19.7 Å². The van der Waals surface area contributed by atoms with E-state index in [1.807, 2.05) is 13.0 Å². The molecule has 0 spiro atoms. The zero-order valence-electron chi connectivity index (χ0n) is 19.0. The number of benzene rings is 1. The van der Waals surface area contributed by atoms with Crippen molar-refractivity contribution in [1.29, 1.82) is 0 Å². The number of hydrogen-bond acceptors (Lipinski definition) is 9. The fourth-order valence-corrected chi connectivity index (χ4v) is 4.81. The lowest BCUT2D eigenvalue weighted by molar-refractivity contribution is -0.149. The topological polar surface area (TPSA) is 143 Å². The van der Waals surface area contributed by atoms with Gasteiger partial charge in [0.25, 0.3) is 0 Å². The predicted octanol–water partition coefficient (Wildman–Crippen LogP) is 2.81. The molecule has 0 radical (unpaired) electrons. The molecule has 1 aromatic carbocycles. The number of nitrogens with zero attached hydrogens (tertiary/aromatic N) is 4.